The Morgan fingerprint density at radius 3 is 2.47 bits per heavy atom. The van der Waals surface area contributed by atoms with Gasteiger partial charge < -0.3 is 9.84 Å². The first-order valence-electron chi connectivity index (χ1n) is 11.0. The number of aromatic nitrogens is 1. The zero-order valence-corrected chi connectivity index (χ0v) is 19.6. The second-order valence-corrected chi connectivity index (χ2v) is 9.37. The van der Waals surface area contributed by atoms with E-state index in [1.165, 1.54) is 13.2 Å². The van der Waals surface area contributed by atoms with Gasteiger partial charge in [0, 0.05) is 17.3 Å². The normalized spacial score (nSPS) is 22.7. The van der Waals surface area contributed by atoms with E-state index in [2.05, 4.69) is 9.98 Å². The van der Waals surface area contributed by atoms with Gasteiger partial charge in [-0.25, -0.2) is 9.69 Å². The molecular formula is C26H17N3O6S. The van der Waals surface area contributed by atoms with E-state index in [-0.39, 0.29) is 27.6 Å². The maximum absolute atomic E-state index is 13.8. The fraction of sp³-hybridized carbons (Fsp3) is 0.154. The van der Waals surface area contributed by atoms with Crippen molar-refractivity contribution in [2.75, 3.05) is 12.0 Å². The second kappa shape index (κ2) is 8.06. The van der Waals surface area contributed by atoms with Crippen molar-refractivity contribution >= 4 is 52.1 Å². The van der Waals surface area contributed by atoms with Crippen molar-refractivity contribution in [3.05, 3.63) is 87.4 Å². The van der Waals surface area contributed by atoms with Crippen LogP contribution in [-0.4, -0.2) is 46.5 Å². The molecule has 6 rings (SSSR count). The minimum absolute atomic E-state index is 0.0463. The van der Waals surface area contributed by atoms with Crippen molar-refractivity contribution in [3.63, 3.8) is 0 Å². The molecule has 10 heteroatoms. The van der Waals surface area contributed by atoms with Gasteiger partial charge in [-0.2, -0.15) is 0 Å². The topological polar surface area (TPSA) is 126 Å². The smallest absolute Gasteiger partial charge is 0.350 e. The molecule has 1 fully saturated rings. The number of hydrogen-bond acceptors (Lipinski definition) is 9. The first-order chi connectivity index (χ1) is 17.4. The van der Waals surface area contributed by atoms with Crippen molar-refractivity contribution in [1.82, 2.24) is 4.98 Å². The number of aliphatic hydroxyl groups excluding tert-OH is 1. The number of anilines is 1. The number of thiophene rings is 1. The zero-order chi connectivity index (χ0) is 25.1. The molecule has 1 N–H and O–H groups in total. The van der Waals surface area contributed by atoms with Crippen molar-refractivity contribution in [1.29, 1.82) is 0 Å². The number of allylic oxidation sites excluding steroid dienone is 1. The summed E-state index contributed by atoms with van der Waals surface area (Å²) in [5, 5.41) is 12.6. The summed E-state index contributed by atoms with van der Waals surface area (Å²) in [6.07, 6.45) is 1.55. The maximum atomic E-state index is 13.8. The number of rotatable bonds is 4. The van der Waals surface area contributed by atoms with Crippen molar-refractivity contribution in [3.8, 4) is 0 Å². The van der Waals surface area contributed by atoms with Crippen LogP contribution in [0.3, 0.4) is 0 Å². The monoisotopic (exact) mass is 499 g/mol. The SMILES string of the molecule is COC(=O)c1sccc1N1C(=O)[C@H]2C(C3=C(O)c4ccccc4C3=O)=N[C@H](c3ccccn3)[C@@H]2C1=O. The second-order valence-electron chi connectivity index (χ2n) is 8.45. The number of Topliss-reactive ketones (excluding diaryl/α,β-unsaturated/α-hetero) is 1. The number of nitrogens with zero attached hydrogens (tertiary/aromatic N) is 3. The molecule has 2 aromatic heterocycles. The van der Waals surface area contributed by atoms with Gasteiger partial charge in [-0.3, -0.25) is 24.4 Å². The molecular weight excluding hydrogens is 482 g/mol. The summed E-state index contributed by atoms with van der Waals surface area (Å²) in [5.74, 6) is -4.74. The minimum Gasteiger partial charge on any atom is -0.506 e. The molecule has 3 aliphatic rings. The number of ether oxygens (including phenoxy) is 1. The first kappa shape index (κ1) is 22.1. The standard InChI is InChI=1S/C26H17N3O6S/c1-35-26(34)23-15(9-11-36-23)29-24(32)16-17(25(29)33)20(28-19(16)14-8-4-5-10-27-14)18-21(30)12-6-2-3-7-13(12)22(18)31/h2-11,16-17,19,30H,1H3/t16-,17-,19-/m1/s1. The Balaban J connectivity index is 1.51. The molecule has 3 aromatic rings. The summed E-state index contributed by atoms with van der Waals surface area (Å²) >= 11 is 1.05. The minimum atomic E-state index is -1.13. The molecule has 1 aliphatic carbocycles. The van der Waals surface area contributed by atoms with Crippen LogP contribution >= 0.6 is 11.3 Å². The number of hydrogen-bond donors (Lipinski definition) is 1. The van der Waals surface area contributed by atoms with Gasteiger partial charge in [0.2, 0.25) is 11.8 Å². The third-order valence-corrected chi connectivity index (χ3v) is 7.54. The third kappa shape index (κ3) is 2.94. The average Bonchev–Trinajstić information content (AvgIpc) is 3.64. The molecule has 1 aromatic carbocycles. The Kier molecular flexibility index (Phi) is 4.94. The van der Waals surface area contributed by atoms with E-state index in [1.807, 2.05) is 0 Å². The van der Waals surface area contributed by atoms with Crippen LogP contribution in [-0.2, 0) is 14.3 Å². The van der Waals surface area contributed by atoms with Crippen LogP contribution in [0.15, 0.2) is 70.7 Å². The Bertz CT molecular complexity index is 1540. The predicted molar refractivity (Wildman–Crippen MR) is 130 cm³/mol. The maximum Gasteiger partial charge on any atom is 0.350 e. The van der Waals surface area contributed by atoms with Crippen LogP contribution in [0.5, 0.6) is 0 Å². The van der Waals surface area contributed by atoms with Gasteiger partial charge >= 0.3 is 5.97 Å². The summed E-state index contributed by atoms with van der Waals surface area (Å²) in [6.45, 7) is 0. The molecule has 0 radical (unpaired) electrons. The highest BCUT2D eigenvalue weighted by atomic mass is 32.1. The number of amides is 2. The van der Waals surface area contributed by atoms with E-state index in [0.717, 1.165) is 16.2 Å². The van der Waals surface area contributed by atoms with Crippen LogP contribution in [0, 0.1) is 11.8 Å². The number of ketones is 1. The first-order valence-corrected chi connectivity index (χ1v) is 11.9. The Morgan fingerprint density at radius 1 is 1.03 bits per heavy atom. The molecule has 0 saturated carbocycles. The van der Waals surface area contributed by atoms with Gasteiger partial charge in [0.15, 0.2) is 5.78 Å². The fourth-order valence-electron chi connectivity index (χ4n) is 5.09. The summed E-state index contributed by atoms with van der Waals surface area (Å²) in [7, 11) is 1.22. The lowest BCUT2D eigenvalue weighted by atomic mass is 9.84. The van der Waals surface area contributed by atoms with E-state index in [0.29, 0.717) is 16.8 Å². The number of fused-ring (bicyclic) bond motifs is 2. The molecule has 4 heterocycles. The summed E-state index contributed by atoms with van der Waals surface area (Å²) in [5.41, 5.74) is 1.17. The molecule has 2 aliphatic heterocycles. The van der Waals surface area contributed by atoms with Crippen LogP contribution in [0.25, 0.3) is 5.76 Å². The molecule has 0 bridgehead atoms. The van der Waals surface area contributed by atoms with E-state index in [4.69, 9.17) is 4.74 Å². The van der Waals surface area contributed by atoms with Gasteiger partial charge in [0.1, 0.15) is 16.7 Å². The van der Waals surface area contributed by atoms with Gasteiger partial charge in [-0.1, -0.05) is 30.3 Å². The number of carbonyl (C=O) groups excluding carboxylic acids is 4. The summed E-state index contributed by atoms with van der Waals surface area (Å²) in [6, 6.07) is 12.4. The molecule has 2 amide bonds. The highest BCUT2D eigenvalue weighted by molar-refractivity contribution is 7.12. The fourth-order valence-corrected chi connectivity index (χ4v) is 5.89. The number of aliphatic imine (C=N–C) groups is 1. The van der Waals surface area contributed by atoms with Crippen molar-refractivity contribution < 1.29 is 29.0 Å². The number of methoxy groups -OCH3 is 1. The van der Waals surface area contributed by atoms with Gasteiger partial charge in [-0.05, 0) is 23.6 Å². The number of benzene rings is 1. The number of esters is 1. The van der Waals surface area contributed by atoms with E-state index < -0.39 is 41.4 Å². The van der Waals surface area contributed by atoms with Gasteiger partial charge in [-0.15, -0.1) is 11.3 Å². The van der Waals surface area contributed by atoms with Gasteiger partial charge in [0.25, 0.3) is 0 Å². The number of carbonyl (C=O) groups is 4. The van der Waals surface area contributed by atoms with E-state index in [9.17, 15) is 24.3 Å². The van der Waals surface area contributed by atoms with E-state index in [1.54, 1.807) is 54.0 Å². The quantitative estimate of drug-likeness (QED) is 0.431. The average molecular weight is 500 g/mol. The Morgan fingerprint density at radius 2 is 1.78 bits per heavy atom. The van der Waals surface area contributed by atoms with E-state index >= 15 is 0 Å². The largest absolute Gasteiger partial charge is 0.506 e. The van der Waals surface area contributed by atoms with Crippen LogP contribution in [0.1, 0.15) is 37.3 Å². The summed E-state index contributed by atoms with van der Waals surface area (Å²) < 4.78 is 4.82. The lowest BCUT2D eigenvalue weighted by Gasteiger charge is -2.18. The van der Waals surface area contributed by atoms with Crippen molar-refractivity contribution in [2.24, 2.45) is 16.8 Å². The zero-order valence-electron chi connectivity index (χ0n) is 18.7. The predicted octanol–water partition coefficient (Wildman–Crippen LogP) is 3.40. The lowest BCUT2D eigenvalue weighted by Crippen LogP contribution is -2.34. The molecule has 3 atom stereocenters. The van der Waals surface area contributed by atoms with Crippen LogP contribution in [0.4, 0.5) is 5.69 Å². The molecule has 178 valence electrons. The number of imide groups is 1. The van der Waals surface area contributed by atoms with Crippen LogP contribution < -0.4 is 4.90 Å². The highest BCUT2D eigenvalue weighted by Crippen LogP contribution is 2.49. The third-order valence-electron chi connectivity index (χ3n) is 6.66. The Hall–Kier alpha value is -4.44. The summed E-state index contributed by atoms with van der Waals surface area (Å²) in [4.78, 5) is 63.3. The molecule has 36 heavy (non-hydrogen) atoms. The van der Waals surface area contributed by atoms with Gasteiger partial charge in [0.05, 0.1) is 41.6 Å². The molecule has 0 spiro atoms. The molecule has 0 unspecified atom stereocenters. The van der Waals surface area contributed by atoms with Crippen LogP contribution in [0.2, 0.25) is 0 Å². The van der Waals surface area contributed by atoms with Crippen molar-refractivity contribution in [2.45, 2.75) is 6.04 Å². The highest BCUT2D eigenvalue weighted by Gasteiger charge is 2.60. The Labute approximate surface area is 208 Å². The number of aliphatic hydroxyl groups is 1. The molecule has 1 saturated heterocycles. The number of pyridine rings is 1. The lowest BCUT2D eigenvalue weighted by molar-refractivity contribution is -0.122. The molecule has 9 nitrogen and oxygen atoms in total.